The summed E-state index contributed by atoms with van der Waals surface area (Å²) in [4.78, 5) is 63.8. The van der Waals surface area contributed by atoms with E-state index < -0.39 is 30.4 Å². The number of nitrogens with one attached hydrogen (secondary N) is 1. The van der Waals surface area contributed by atoms with Crippen molar-refractivity contribution in [1.82, 2.24) is 14.5 Å². The molecule has 4 rings (SSSR count). The van der Waals surface area contributed by atoms with Gasteiger partial charge in [-0.1, -0.05) is 32.3 Å². The molecule has 0 aliphatic rings. The number of nitrogens with two attached hydrogens (primary N) is 1. The number of imidazole rings is 1. The van der Waals surface area contributed by atoms with Crippen molar-refractivity contribution in [3.8, 4) is 0 Å². The zero-order chi connectivity index (χ0) is 36.8. The van der Waals surface area contributed by atoms with Crippen LogP contribution in [0, 0.1) is 0 Å². The van der Waals surface area contributed by atoms with Crippen molar-refractivity contribution >= 4 is 52.5 Å². The Hall–Kier alpha value is -5.99. The van der Waals surface area contributed by atoms with Crippen molar-refractivity contribution in [2.45, 2.75) is 58.8 Å². The Morgan fingerprint density at radius 2 is 1.76 bits per heavy atom. The molecule has 0 fully saturated rings. The van der Waals surface area contributed by atoms with Crippen molar-refractivity contribution in [2.24, 2.45) is 17.8 Å². The lowest BCUT2D eigenvalue weighted by molar-refractivity contribution is -0.167. The third kappa shape index (κ3) is 11.0. The fourth-order valence-corrected chi connectivity index (χ4v) is 5.01. The lowest BCUT2D eigenvalue weighted by Gasteiger charge is -2.22. The Balaban J connectivity index is 1.40. The topological polar surface area (TPSA) is 190 Å². The average Bonchev–Trinajstić information content (AvgIpc) is 3.45. The molecule has 3 N–H and O–H groups in total. The predicted molar refractivity (Wildman–Crippen MR) is 190 cm³/mol. The van der Waals surface area contributed by atoms with Gasteiger partial charge in [-0.05, 0) is 61.0 Å². The van der Waals surface area contributed by atoms with Crippen LogP contribution < -0.4 is 16.0 Å². The molecule has 2 amide bonds. The summed E-state index contributed by atoms with van der Waals surface area (Å²) in [7, 11) is 3.02. The van der Waals surface area contributed by atoms with Gasteiger partial charge >= 0.3 is 18.2 Å². The van der Waals surface area contributed by atoms with E-state index in [1.165, 1.54) is 11.8 Å². The number of carbonyl (C=O) groups excluding carboxylic acids is 4. The van der Waals surface area contributed by atoms with Crippen LogP contribution in [0.15, 0.2) is 71.9 Å². The number of unbranched alkanes of at least 4 members (excludes halogenated alkanes) is 3. The summed E-state index contributed by atoms with van der Waals surface area (Å²) >= 11 is 0. The summed E-state index contributed by atoms with van der Waals surface area (Å²) in [6.45, 7) is 4.14. The van der Waals surface area contributed by atoms with Crippen LogP contribution in [0.1, 0.15) is 67.7 Å². The second-order valence-electron chi connectivity index (χ2n) is 11.4. The molecular formula is C36H43N7O8. The molecule has 270 valence electrons. The third-order valence-electron chi connectivity index (χ3n) is 7.72. The summed E-state index contributed by atoms with van der Waals surface area (Å²) in [6, 6.07) is 17.5. The minimum Gasteiger partial charge on any atom is -0.448 e. The number of hydrogen-bond acceptors (Lipinski definition) is 11. The number of amidine groups is 1. The first-order chi connectivity index (χ1) is 24.6. The fraction of sp³-hybridized carbons (Fsp3) is 0.361. The molecule has 15 nitrogen and oxygen atoms in total. The van der Waals surface area contributed by atoms with E-state index in [4.69, 9.17) is 24.9 Å². The van der Waals surface area contributed by atoms with Crippen LogP contribution in [0.25, 0.3) is 11.0 Å². The van der Waals surface area contributed by atoms with Crippen molar-refractivity contribution in [1.29, 1.82) is 0 Å². The van der Waals surface area contributed by atoms with Crippen molar-refractivity contribution < 1.29 is 38.1 Å². The monoisotopic (exact) mass is 701 g/mol. The number of benzene rings is 2. The van der Waals surface area contributed by atoms with Gasteiger partial charge in [0.1, 0.15) is 17.5 Å². The predicted octanol–water partition coefficient (Wildman–Crippen LogP) is 5.71. The first kappa shape index (κ1) is 37.8. The van der Waals surface area contributed by atoms with E-state index in [9.17, 15) is 19.2 Å². The van der Waals surface area contributed by atoms with E-state index in [0.717, 1.165) is 44.0 Å². The number of rotatable bonds is 16. The summed E-state index contributed by atoms with van der Waals surface area (Å²) in [5, 5.41) is 3.33. The van der Waals surface area contributed by atoms with Gasteiger partial charge in [-0.15, -0.1) is 0 Å². The molecule has 2 heterocycles. The van der Waals surface area contributed by atoms with Crippen LogP contribution in [0.5, 0.6) is 0 Å². The van der Waals surface area contributed by atoms with E-state index in [-0.39, 0.29) is 18.8 Å². The number of hydrogen-bond donors (Lipinski definition) is 2. The molecule has 0 spiro atoms. The Morgan fingerprint density at radius 1 is 1.00 bits per heavy atom. The van der Waals surface area contributed by atoms with Crippen molar-refractivity contribution in [3.63, 3.8) is 0 Å². The molecule has 0 aliphatic carbocycles. The SMILES string of the molecule is CCCCCCOC(=O)/N=C(/N)c1ccc(NCc2nc3cc(C(=O)N(CCC(=O)OC(C)OC(=O)OC)c4ccccn4)ccc3n2C)cc1. The molecule has 2 aromatic heterocycles. The van der Waals surface area contributed by atoms with E-state index in [2.05, 4.69) is 27.0 Å². The highest BCUT2D eigenvalue weighted by molar-refractivity contribution is 6.07. The molecule has 1 atom stereocenters. The first-order valence-corrected chi connectivity index (χ1v) is 16.6. The Morgan fingerprint density at radius 3 is 2.47 bits per heavy atom. The normalized spacial score (nSPS) is 11.8. The van der Waals surface area contributed by atoms with Gasteiger partial charge in [0, 0.05) is 43.5 Å². The zero-order valence-electron chi connectivity index (χ0n) is 29.2. The fourth-order valence-electron chi connectivity index (χ4n) is 5.01. The number of esters is 1. The number of carbonyl (C=O) groups is 4. The summed E-state index contributed by atoms with van der Waals surface area (Å²) < 4.78 is 21.4. The Labute approximate surface area is 295 Å². The molecule has 51 heavy (non-hydrogen) atoms. The molecule has 15 heteroatoms. The smallest absolute Gasteiger partial charge is 0.448 e. The molecular weight excluding hydrogens is 658 g/mol. The molecule has 0 aliphatic heterocycles. The van der Waals surface area contributed by atoms with Gasteiger partial charge in [-0.2, -0.15) is 4.99 Å². The number of aromatic nitrogens is 3. The molecule has 0 saturated heterocycles. The maximum absolute atomic E-state index is 13.8. The zero-order valence-corrected chi connectivity index (χ0v) is 29.2. The maximum Gasteiger partial charge on any atom is 0.511 e. The minimum absolute atomic E-state index is 0.0471. The van der Waals surface area contributed by atoms with Crippen LogP contribution in [0.3, 0.4) is 0 Å². The molecule has 0 saturated carbocycles. The van der Waals surface area contributed by atoms with Gasteiger partial charge in [0.05, 0.1) is 37.7 Å². The van der Waals surface area contributed by atoms with E-state index in [1.54, 1.807) is 48.7 Å². The van der Waals surface area contributed by atoms with Gasteiger partial charge in [-0.3, -0.25) is 14.5 Å². The number of nitrogens with zero attached hydrogens (tertiary/aromatic N) is 5. The van der Waals surface area contributed by atoms with Crippen LogP contribution in [-0.4, -0.2) is 71.0 Å². The maximum atomic E-state index is 13.8. The second-order valence-corrected chi connectivity index (χ2v) is 11.4. The van der Waals surface area contributed by atoms with Crippen molar-refractivity contribution in [2.75, 3.05) is 30.5 Å². The van der Waals surface area contributed by atoms with Crippen LogP contribution >= 0.6 is 0 Å². The number of pyridine rings is 1. The van der Waals surface area contributed by atoms with Crippen LogP contribution in [0.2, 0.25) is 0 Å². The summed E-state index contributed by atoms with van der Waals surface area (Å²) in [6.07, 6.45) is 2.48. The minimum atomic E-state index is -1.17. The highest BCUT2D eigenvalue weighted by Crippen LogP contribution is 2.22. The van der Waals surface area contributed by atoms with Crippen molar-refractivity contribution in [3.05, 3.63) is 83.8 Å². The van der Waals surface area contributed by atoms with Gasteiger partial charge in [0.2, 0.25) is 6.29 Å². The number of methoxy groups -OCH3 is 1. The van der Waals surface area contributed by atoms with Crippen LogP contribution in [-0.2, 0) is 37.3 Å². The lowest BCUT2D eigenvalue weighted by atomic mass is 10.1. The summed E-state index contributed by atoms with van der Waals surface area (Å²) in [5.74, 6) is 0.0563. The second kappa shape index (κ2) is 18.7. The number of aliphatic imine (C=N–C) groups is 1. The summed E-state index contributed by atoms with van der Waals surface area (Å²) in [5.41, 5.74) is 9.16. The van der Waals surface area contributed by atoms with E-state index in [1.807, 2.05) is 29.8 Å². The number of ether oxygens (including phenoxy) is 4. The van der Waals surface area contributed by atoms with Gasteiger partial charge in [-0.25, -0.2) is 19.6 Å². The van der Waals surface area contributed by atoms with Gasteiger partial charge < -0.3 is 34.6 Å². The Kier molecular flexibility index (Phi) is 13.9. The quantitative estimate of drug-likeness (QED) is 0.0362. The van der Waals surface area contributed by atoms with Gasteiger partial charge in [0.15, 0.2) is 0 Å². The van der Waals surface area contributed by atoms with Crippen LogP contribution in [0.4, 0.5) is 21.1 Å². The number of anilines is 2. The molecule has 0 radical (unpaired) electrons. The standard InChI is InChI=1S/C36H43N7O8/c1-5-6-7-10-21-49-35(46)41-33(37)25-12-15-27(16-13-25)39-23-31-40-28-22-26(14-17-29(28)42(31)3)34(45)43(30-11-8-9-19-38-30)20-18-32(44)50-24(2)51-36(47)48-4/h8-9,11-17,19,22,24,39H,5-7,10,18,20-21,23H2,1-4H3,(H2,37,41,46). The van der Waals surface area contributed by atoms with E-state index in [0.29, 0.717) is 41.4 Å². The van der Waals surface area contributed by atoms with E-state index >= 15 is 0 Å². The molecule has 0 bridgehead atoms. The average molecular weight is 702 g/mol. The number of fused-ring (bicyclic) bond motifs is 1. The van der Waals surface area contributed by atoms with Gasteiger partial charge in [0.25, 0.3) is 5.91 Å². The highest BCUT2D eigenvalue weighted by atomic mass is 16.8. The number of aryl methyl sites for hydroxylation is 1. The molecule has 4 aromatic rings. The third-order valence-corrected chi connectivity index (χ3v) is 7.72. The number of amides is 2. The molecule has 2 aromatic carbocycles. The lowest BCUT2D eigenvalue weighted by Crippen LogP contribution is -2.34. The highest BCUT2D eigenvalue weighted by Gasteiger charge is 2.23. The largest absolute Gasteiger partial charge is 0.511 e. The molecule has 1 unspecified atom stereocenters. The first-order valence-electron chi connectivity index (χ1n) is 16.6. The Bertz CT molecular complexity index is 1830.